The van der Waals surface area contributed by atoms with Crippen LogP contribution in [0.25, 0.3) is 0 Å². The van der Waals surface area contributed by atoms with Gasteiger partial charge in [-0.25, -0.2) is 0 Å². The molecule has 0 bridgehead atoms. The lowest BCUT2D eigenvalue weighted by molar-refractivity contribution is -0.355. The average Bonchev–Trinajstić information content (AvgIpc) is 1.86. The minimum Gasteiger partial charge on any atom is -0.892 e. The van der Waals surface area contributed by atoms with E-state index >= 15 is 0 Å². The van der Waals surface area contributed by atoms with Gasteiger partial charge in [-0.3, -0.25) is 9.59 Å². The smallest absolute Gasteiger partial charge is 0.309 e. The molecule has 0 unspecified atom stereocenters. The fourth-order valence-corrected chi connectivity index (χ4v) is 0.762. The monoisotopic (exact) mass is 174 g/mol. The Morgan fingerprint density at radius 2 is 1.67 bits per heavy atom. The molecule has 12 heavy (non-hydrogen) atoms. The molecule has 0 aromatic heterocycles. The Morgan fingerprint density at radius 3 is 1.67 bits per heavy atom. The second kappa shape index (κ2) is 3.55. The maximum atomic E-state index is 10.4. The van der Waals surface area contributed by atoms with Crippen molar-refractivity contribution in [2.75, 3.05) is 0 Å². The van der Waals surface area contributed by atoms with Gasteiger partial charge in [-0.05, 0) is 6.42 Å². The summed E-state index contributed by atoms with van der Waals surface area (Å²) in [6.07, 6.45) is -0.519. The molecule has 0 aromatic rings. The van der Waals surface area contributed by atoms with Crippen LogP contribution in [0.1, 0.15) is 13.3 Å². The number of carboxylic acid groups (broad SMARTS) is 2. The van der Waals surface area contributed by atoms with Crippen LogP contribution in [0, 0.1) is 0 Å². The second-order valence-corrected chi connectivity index (χ2v) is 2.27. The van der Waals surface area contributed by atoms with E-state index in [-0.39, 0.29) is 0 Å². The number of carboxylic acids is 2. The van der Waals surface area contributed by atoms with Crippen molar-refractivity contribution in [1.29, 1.82) is 0 Å². The maximum absolute atomic E-state index is 10.4. The molecule has 0 aliphatic carbocycles. The highest BCUT2D eigenvalue weighted by Gasteiger charge is 2.41. The van der Waals surface area contributed by atoms with Crippen molar-refractivity contribution in [3.8, 4) is 0 Å². The van der Waals surface area contributed by atoms with Gasteiger partial charge in [0.15, 0.2) is 0 Å². The summed E-state index contributed by atoms with van der Waals surface area (Å²) < 4.78 is 0. The summed E-state index contributed by atoms with van der Waals surface area (Å²) in [5.74, 6) is -3.76. The van der Waals surface area contributed by atoms with Crippen LogP contribution in [-0.4, -0.2) is 29.3 Å². The molecule has 7 heteroatoms. The zero-order valence-electron chi connectivity index (χ0n) is 6.31. The van der Waals surface area contributed by atoms with Crippen molar-refractivity contribution in [3.05, 3.63) is 0 Å². The first-order valence-electron chi connectivity index (χ1n) is 3.18. The normalized spacial score (nSPS) is 10.9. The Morgan fingerprint density at radius 1 is 1.33 bits per heavy atom. The predicted molar refractivity (Wildman–Crippen MR) is 34.0 cm³/mol. The molecule has 0 fully saturated rings. The van der Waals surface area contributed by atoms with E-state index in [1.54, 1.807) is 0 Å². The summed E-state index contributed by atoms with van der Waals surface area (Å²) >= 11 is 0. The van der Waals surface area contributed by atoms with Crippen LogP contribution in [0.5, 0.6) is 0 Å². The molecule has 2 N–H and O–H groups in total. The van der Waals surface area contributed by atoms with Gasteiger partial charge in [0.2, 0.25) is 0 Å². The largest absolute Gasteiger partial charge is 0.892 e. The summed E-state index contributed by atoms with van der Waals surface area (Å²) in [5, 5.41) is 34.7. The number of carbonyl (C=O) groups is 2. The van der Waals surface area contributed by atoms with Crippen molar-refractivity contribution >= 4 is 19.1 Å². The molecule has 0 saturated heterocycles. The standard InChI is InChI=1S/C5H7BO6/c1-2-5(3(7)8,4(9)10)6(11)12/h2H2,1H3,(H,7,8)(H,9,10)/q-2. The summed E-state index contributed by atoms with van der Waals surface area (Å²) in [5.41, 5.74) is 0. The van der Waals surface area contributed by atoms with Crippen LogP contribution in [-0.2, 0) is 9.59 Å². The minimum atomic E-state index is -2.91. The quantitative estimate of drug-likeness (QED) is 0.359. The van der Waals surface area contributed by atoms with Crippen molar-refractivity contribution in [2.24, 2.45) is 0 Å². The molecule has 0 aliphatic heterocycles. The average molecular weight is 174 g/mol. The molecule has 0 atom stereocenters. The van der Waals surface area contributed by atoms with Crippen LogP contribution in [0.3, 0.4) is 0 Å². The number of aliphatic carboxylic acids is 2. The minimum absolute atomic E-state index is 0.519. The van der Waals surface area contributed by atoms with E-state index in [2.05, 4.69) is 0 Å². The van der Waals surface area contributed by atoms with Gasteiger partial charge < -0.3 is 20.3 Å². The van der Waals surface area contributed by atoms with Crippen molar-refractivity contribution in [2.45, 2.75) is 18.7 Å². The number of rotatable bonds is 4. The van der Waals surface area contributed by atoms with Crippen LogP contribution < -0.4 is 10.0 Å². The van der Waals surface area contributed by atoms with Gasteiger partial charge in [-0.15, -0.1) is 0 Å². The van der Waals surface area contributed by atoms with Gasteiger partial charge in [-0.2, -0.15) is 0 Å². The van der Waals surface area contributed by atoms with E-state index in [1.807, 2.05) is 0 Å². The third-order valence-electron chi connectivity index (χ3n) is 1.72. The lowest BCUT2D eigenvalue weighted by Crippen LogP contribution is -2.61. The first kappa shape index (κ1) is 10.9. The van der Waals surface area contributed by atoms with Gasteiger partial charge in [0, 0.05) is 0 Å². The fourth-order valence-electron chi connectivity index (χ4n) is 0.762. The Balaban J connectivity index is 5.04. The molecular formula is C5H7BO6-2. The highest BCUT2D eigenvalue weighted by Crippen LogP contribution is 2.30. The number of hydrogen-bond donors (Lipinski definition) is 2. The molecule has 0 heterocycles. The van der Waals surface area contributed by atoms with E-state index in [0.29, 0.717) is 0 Å². The molecule has 0 spiro atoms. The zero-order valence-corrected chi connectivity index (χ0v) is 6.31. The van der Waals surface area contributed by atoms with E-state index < -0.39 is 30.8 Å². The second-order valence-electron chi connectivity index (χ2n) is 2.27. The van der Waals surface area contributed by atoms with Crippen LogP contribution in [0.2, 0.25) is 5.31 Å². The SMILES string of the molecule is CCC(B([O-])[O-])(C(=O)O)C(=O)O. The molecule has 0 radical (unpaired) electrons. The fraction of sp³-hybridized carbons (Fsp3) is 0.600. The Labute approximate surface area is 68.6 Å². The highest BCUT2D eigenvalue weighted by molar-refractivity contribution is 6.55. The number of hydrogen-bond acceptors (Lipinski definition) is 4. The van der Waals surface area contributed by atoms with Crippen molar-refractivity contribution in [1.82, 2.24) is 0 Å². The zero-order chi connectivity index (χ0) is 9.94. The van der Waals surface area contributed by atoms with Gasteiger partial charge in [-0.1, -0.05) is 14.0 Å². The maximum Gasteiger partial charge on any atom is 0.309 e. The van der Waals surface area contributed by atoms with E-state index in [1.165, 1.54) is 6.92 Å². The first-order valence-corrected chi connectivity index (χ1v) is 3.18. The third-order valence-corrected chi connectivity index (χ3v) is 1.72. The van der Waals surface area contributed by atoms with Gasteiger partial charge in [0.1, 0.15) is 0 Å². The van der Waals surface area contributed by atoms with Gasteiger partial charge >= 0.3 is 11.9 Å². The molecule has 0 rings (SSSR count). The molecular weight excluding hydrogens is 167 g/mol. The van der Waals surface area contributed by atoms with Crippen LogP contribution >= 0.6 is 0 Å². The molecule has 0 aromatic carbocycles. The van der Waals surface area contributed by atoms with E-state index in [9.17, 15) is 19.6 Å². The van der Waals surface area contributed by atoms with E-state index in [0.717, 1.165) is 0 Å². The van der Waals surface area contributed by atoms with E-state index in [4.69, 9.17) is 10.2 Å². The van der Waals surface area contributed by atoms with Crippen molar-refractivity contribution in [3.63, 3.8) is 0 Å². The summed E-state index contributed by atoms with van der Waals surface area (Å²) in [7, 11) is -2.91. The summed E-state index contributed by atoms with van der Waals surface area (Å²) in [4.78, 5) is 20.7. The molecule has 0 aliphatic rings. The molecule has 0 saturated carbocycles. The molecule has 68 valence electrons. The lowest BCUT2D eigenvalue weighted by atomic mass is 9.56. The molecule has 0 amide bonds. The van der Waals surface area contributed by atoms with Crippen molar-refractivity contribution < 1.29 is 29.9 Å². The van der Waals surface area contributed by atoms with Crippen LogP contribution in [0.4, 0.5) is 0 Å². The molecule has 6 nitrogen and oxygen atoms in total. The third kappa shape index (κ3) is 1.41. The predicted octanol–water partition coefficient (Wildman–Crippen LogP) is -2.49. The van der Waals surface area contributed by atoms with Crippen LogP contribution in [0.15, 0.2) is 0 Å². The Kier molecular flexibility index (Phi) is 3.23. The topological polar surface area (TPSA) is 121 Å². The Hall–Kier alpha value is -1.08. The lowest BCUT2D eigenvalue weighted by Gasteiger charge is -2.41. The highest BCUT2D eigenvalue weighted by atomic mass is 16.4. The van der Waals surface area contributed by atoms with Gasteiger partial charge in [0.25, 0.3) is 0 Å². The summed E-state index contributed by atoms with van der Waals surface area (Å²) in [6, 6.07) is 0. The Bertz CT molecular complexity index is 186. The first-order chi connectivity index (χ1) is 5.39. The van der Waals surface area contributed by atoms with Gasteiger partial charge in [0.05, 0.1) is 5.31 Å². The summed E-state index contributed by atoms with van der Waals surface area (Å²) in [6.45, 7) is 1.17.